The van der Waals surface area contributed by atoms with E-state index in [1.54, 1.807) is 55.2 Å². The van der Waals surface area contributed by atoms with Gasteiger partial charge in [-0.1, -0.05) is 0 Å². The summed E-state index contributed by atoms with van der Waals surface area (Å²) < 4.78 is 44.0. The monoisotopic (exact) mass is 695 g/mol. The molecule has 14 nitrogen and oxygen atoms in total. The van der Waals surface area contributed by atoms with Gasteiger partial charge < -0.3 is 29.2 Å². The van der Waals surface area contributed by atoms with Crippen molar-refractivity contribution in [2.45, 2.75) is 45.0 Å². The van der Waals surface area contributed by atoms with Crippen LogP contribution in [0.25, 0.3) is 39.0 Å². The first-order valence-electron chi connectivity index (χ1n) is 16.5. The van der Waals surface area contributed by atoms with E-state index in [0.29, 0.717) is 76.4 Å². The van der Waals surface area contributed by atoms with Crippen LogP contribution in [0.4, 0.5) is 20.5 Å². The number of carbonyl (C=O) groups is 1. The van der Waals surface area contributed by atoms with Gasteiger partial charge in [-0.3, -0.25) is 4.79 Å². The highest BCUT2D eigenvalue weighted by atomic mass is 19.1. The van der Waals surface area contributed by atoms with Crippen molar-refractivity contribution < 1.29 is 23.0 Å². The number of fused-ring (bicyclic) bond motifs is 6. The van der Waals surface area contributed by atoms with Gasteiger partial charge >= 0.3 is 0 Å². The summed E-state index contributed by atoms with van der Waals surface area (Å²) in [5, 5.41) is 8.64. The molecule has 2 aliphatic rings. The van der Waals surface area contributed by atoms with Crippen LogP contribution in [0.1, 0.15) is 18.1 Å². The van der Waals surface area contributed by atoms with Crippen LogP contribution in [-0.2, 0) is 16.1 Å². The summed E-state index contributed by atoms with van der Waals surface area (Å²) in [6.07, 6.45) is 3.26. The van der Waals surface area contributed by atoms with Crippen molar-refractivity contribution in [1.82, 2.24) is 44.2 Å². The predicted octanol–water partition coefficient (Wildman–Crippen LogP) is 4.07. The summed E-state index contributed by atoms with van der Waals surface area (Å²) in [5.41, 5.74) is 3.30. The van der Waals surface area contributed by atoms with Crippen molar-refractivity contribution in [3.8, 4) is 22.7 Å². The number of benzene rings is 2. The summed E-state index contributed by atoms with van der Waals surface area (Å²) >= 11 is 0. The molecule has 6 aromatic rings. The number of ether oxygens (including phenoxy) is 2. The fourth-order valence-corrected chi connectivity index (χ4v) is 7.22. The summed E-state index contributed by atoms with van der Waals surface area (Å²) in [5.74, 6) is 1.30. The van der Waals surface area contributed by atoms with Crippen LogP contribution in [0.15, 0.2) is 48.8 Å². The molecule has 51 heavy (non-hydrogen) atoms. The lowest BCUT2D eigenvalue weighted by Gasteiger charge is -2.31. The number of aromatic nitrogens is 8. The molecule has 1 saturated heterocycles. The van der Waals surface area contributed by atoms with Gasteiger partial charge in [0.2, 0.25) is 11.9 Å². The van der Waals surface area contributed by atoms with Crippen molar-refractivity contribution in [3.05, 3.63) is 72.1 Å². The third-order valence-electron chi connectivity index (χ3n) is 9.58. The van der Waals surface area contributed by atoms with Gasteiger partial charge in [0.05, 0.1) is 48.1 Å². The molecule has 0 radical (unpaired) electrons. The fourth-order valence-electron chi connectivity index (χ4n) is 7.22. The maximum absolute atomic E-state index is 15.0. The van der Waals surface area contributed by atoms with E-state index < -0.39 is 23.8 Å². The minimum atomic E-state index is -0.632. The highest BCUT2D eigenvalue weighted by Gasteiger charge is 2.41. The number of rotatable bonds is 4. The number of amides is 1. The molecule has 1 N–H and O–H groups in total. The number of hydrogen-bond donors (Lipinski definition) is 1. The van der Waals surface area contributed by atoms with Crippen molar-refractivity contribution in [3.63, 3.8) is 0 Å². The van der Waals surface area contributed by atoms with Gasteiger partial charge in [-0.15, -0.1) is 0 Å². The molecule has 0 spiro atoms. The minimum Gasteiger partial charge on any atom is -0.494 e. The molecule has 0 unspecified atom stereocenters. The van der Waals surface area contributed by atoms with Crippen LogP contribution in [0.5, 0.6) is 5.75 Å². The van der Waals surface area contributed by atoms with E-state index in [0.717, 1.165) is 5.52 Å². The summed E-state index contributed by atoms with van der Waals surface area (Å²) in [7, 11) is 4.83. The van der Waals surface area contributed by atoms with E-state index in [-0.39, 0.29) is 24.2 Å². The van der Waals surface area contributed by atoms with Gasteiger partial charge in [-0.25, -0.2) is 38.4 Å². The number of aryl methyl sites for hydroxylation is 2. The minimum absolute atomic E-state index is 0.127. The molecule has 3 atom stereocenters. The number of nitrogens with one attached hydrogen (secondary N) is 1. The molecule has 1 amide bonds. The van der Waals surface area contributed by atoms with Crippen LogP contribution < -0.4 is 15.0 Å². The van der Waals surface area contributed by atoms with Gasteiger partial charge in [-0.05, 0) is 44.5 Å². The summed E-state index contributed by atoms with van der Waals surface area (Å²) in [4.78, 5) is 41.6. The maximum Gasteiger partial charge on any atom is 0.245 e. The van der Waals surface area contributed by atoms with Crippen molar-refractivity contribution in [1.29, 1.82) is 0 Å². The maximum atomic E-state index is 15.0. The molecular weight excluding hydrogens is 660 g/mol. The Hall–Kier alpha value is -5.77. The molecule has 262 valence electrons. The fraction of sp³-hybridized carbons (Fsp3) is 0.343. The van der Waals surface area contributed by atoms with Gasteiger partial charge in [0, 0.05) is 57.2 Å². The predicted molar refractivity (Wildman–Crippen MR) is 185 cm³/mol. The number of carbonyl (C=O) groups excluding carboxylic acids is 1. The molecule has 4 aromatic heterocycles. The third-order valence-corrected chi connectivity index (χ3v) is 9.58. The van der Waals surface area contributed by atoms with E-state index in [1.165, 1.54) is 31.4 Å². The van der Waals surface area contributed by atoms with Gasteiger partial charge in [0.25, 0.3) is 0 Å². The van der Waals surface area contributed by atoms with E-state index >= 15 is 0 Å². The zero-order chi connectivity index (χ0) is 35.6. The average Bonchev–Trinajstić information content (AvgIpc) is 3.81. The summed E-state index contributed by atoms with van der Waals surface area (Å²) in [6.45, 7) is 4.65. The second-order valence-electron chi connectivity index (χ2n) is 12.9. The SMILES string of the molecule is COc1cc(F)ccc1-n1ncc2c(N3C[C@@H]4C[C@H]3C(=O)N(C)C[C@@H](OC)Cn3c(C)nc5cc(F)cc(c53)-c3ccnc(n3)N4)nc(C)nc21. The highest BCUT2D eigenvalue weighted by Crippen LogP contribution is 2.35. The quantitative estimate of drug-likeness (QED) is 0.285. The number of imidazole rings is 1. The topological polar surface area (TPSA) is 141 Å². The van der Waals surface area contributed by atoms with Crippen molar-refractivity contribution in [2.24, 2.45) is 0 Å². The van der Waals surface area contributed by atoms with Gasteiger partial charge in [0.1, 0.15) is 46.6 Å². The van der Waals surface area contributed by atoms with E-state index in [1.807, 2.05) is 16.4 Å². The Morgan fingerprint density at radius 2 is 1.80 bits per heavy atom. The summed E-state index contributed by atoms with van der Waals surface area (Å²) in [6, 6.07) is 7.90. The molecule has 2 aliphatic heterocycles. The number of likely N-dealkylation sites (N-methyl/N-ethyl adjacent to an activating group) is 1. The van der Waals surface area contributed by atoms with Crippen LogP contribution in [-0.4, -0.2) is 103 Å². The Labute approximate surface area is 291 Å². The van der Waals surface area contributed by atoms with Gasteiger partial charge in [-0.2, -0.15) is 5.10 Å². The molecule has 2 aromatic carbocycles. The number of anilines is 2. The molecule has 4 bridgehead atoms. The first-order valence-corrected chi connectivity index (χ1v) is 16.5. The largest absolute Gasteiger partial charge is 0.494 e. The molecular formula is C35H35F2N11O3. The van der Waals surface area contributed by atoms with Crippen molar-refractivity contribution in [2.75, 3.05) is 44.6 Å². The zero-order valence-electron chi connectivity index (χ0n) is 28.6. The van der Waals surface area contributed by atoms with E-state index in [4.69, 9.17) is 24.4 Å². The molecule has 1 fully saturated rings. The van der Waals surface area contributed by atoms with E-state index in [9.17, 15) is 13.6 Å². The standard InChI is InChI=1S/C35H35F2N11O3/c1-18-40-32(25-14-39-48(33(25)41-18)28-7-6-20(36)12-30(28)51-5)47-15-22-13-29(47)34(49)45(3)16-23(50-4)17-46-19(2)42-27-11-21(37)10-24(31(27)46)26-8-9-38-35(43-22)44-26/h6-12,14,22-23,29H,13,15-17H2,1-5H3,(H,38,43,44)/t22-,23+,29-/m0/s1. The lowest BCUT2D eigenvalue weighted by atomic mass is 10.1. The number of hydrogen-bond acceptors (Lipinski definition) is 11. The smallest absolute Gasteiger partial charge is 0.245 e. The lowest BCUT2D eigenvalue weighted by Crippen LogP contribution is -2.47. The van der Waals surface area contributed by atoms with Crippen LogP contribution in [0.2, 0.25) is 0 Å². The van der Waals surface area contributed by atoms with Crippen molar-refractivity contribution >= 4 is 39.7 Å². The normalized spacial score (nSPS) is 19.4. The molecule has 6 heterocycles. The first-order chi connectivity index (χ1) is 24.6. The Morgan fingerprint density at radius 3 is 2.61 bits per heavy atom. The zero-order valence-corrected chi connectivity index (χ0v) is 28.6. The second kappa shape index (κ2) is 12.5. The number of halogens is 2. The Kier molecular flexibility index (Phi) is 7.97. The molecule has 8 rings (SSSR count). The van der Waals surface area contributed by atoms with Gasteiger partial charge in [0.15, 0.2) is 5.65 Å². The van der Waals surface area contributed by atoms with Crippen LogP contribution >= 0.6 is 0 Å². The van der Waals surface area contributed by atoms with Crippen LogP contribution in [0.3, 0.4) is 0 Å². The molecule has 0 aliphatic carbocycles. The highest BCUT2D eigenvalue weighted by molar-refractivity contribution is 5.94. The number of methoxy groups -OCH3 is 2. The Morgan fingerprint density at radius 1 is 0.961 bits per heavy atom. The molecule has 16 heteroatoms. The second-order valence-corrected chi connectivity index (χ2v) is 12.9. The van der Waals surface area contributed by atoms with E-state index in [2.05, 4.69) is 20.4 Å². The lowest BCUT2D eigenvalue weighted by molar-refractivity contribution is -0.132. The Balaban J connectivity index is 1.24. The third kappa shape index (κ3) is 5.64. The first kappa shape index (κ1) is 32.4. The van der Waals surface area contributed by atoms with Crippen LogP contribution in [0, 0.1) is 25.5 Å². The Bertz CT molecular complexity index is 2330. The molecule has 0 saturated carbocycles. The average molecular weight is 696 g/mol. The number of nitrogens with zero attached hydrogens (tertiary/aromatic N) is 10.